The molecule has 0 saturated carbocycles. The van der Waals surface area contributed by atoms with Crippen molar-refractivity contribution in [3.05, 3.63) is 78.5 Å². The molecular formula is C31H33N5O2. The Morgan fingerprint density at radius 1 is 1.11 bits per heavy atom. The fourth-order valence-electron chi connectivity index (χ4n) is 5.29. The number of hydrogen-bond acceptors (Lipinski definition) is 5. The zero-order valence-corrected chi connectivity index (χ0v) is 21.6. The van der Waals surface area contributed by atoms with Gasteiger partial charge >= 0.3 is 0 Å². The van der Waals surface area contributed by atoms with Crippen LogP contribution in [0.15, 0.2) is 77.9 Å². The smallest absolute Gasteiger partial charge is 0.258 e. The van der Waals surface area contributed by atoms with Crippen molar-refractivity contribution >= 4 is 34.5 Å². The van der Waals surface area contributed by atoms with Crippen molar-refractivity contribution in [1.29, 1.82) is 0 Å². The predicted octanol–water partition coefficient (Wildman–Crippen LogP) is 5.84. The number of carbonyl (C=O) groups excluding carboxylic acids is 1. The topological polar surface area (TPSA) is 81.8 Å². The van der Waals surface area contributed by atoms with Crippen LogP contribution in [-0.4, -0.2) is 49.0 Å². The van der Waals surface area contributed by atoms with Crippen molar-refractivity contribution in [2.75, 3.05) is 29.9 Å². The Labute approximate surface area is 222 Å². The molecule has 2 aliphatic rings. The number of aromatic nitrogens is 1. The highest BCUT2D eigenvalue weighted by Crippen LogP contribution is 2.35. The Morgan fingerprint density at radius 3 is 2.92 bits per heavy atom. The zero-order chi connectivity index (χ0) is 25.9. The number of nitrogens with one attached hydrogen (secondary N) is 3. The van der Waals surface area contributed by atoms with Crippen molar-refractivity contribution in [3.63, 3.8) is 0 Å². The summed E-state index contributed by atoms with van der Waals surface area (Å²) in [5, 5.41) is 7.96. The molecule has 2 aliphatic heterocycles. The van der Waals surface area contributed by atoms with Crippen molar-refractivity contribution in [2.24, 2.45) is 4.99 Å². The summed E-state index contributed by atoms with van der Waals surface area (Å²) < 4.78 is 6.37. The third-order valence-electron chi connectivity index (χ3n) is 7.40. The lowest BCUT2D eigenvalue weighted by molar-refractivity contribution is 0.0986. The first kappa shape index (κ1) is 24.1. The van der Waals surface area contributed by atoms with Crippen molar-refractivity contribution < 1.29 is 9.53 Å². The van der Waals surface area contributed by atoms with Gasteiger partial charge in [0, 0.05) is 41.5 Å². The van der Waals surface area contributed by atoms with Crippen LogP contribution in [0.2, 0.25) is 0 Å². The van der Waals surface area contributed by atoms with E-state index < -0.39 is 0 Å². The van der Waals surface area contributed by atoms with E-state index in [-0.39, 0.29) is 5.91 Å². The van der Waals surface area contributed by atoms with Gasteiger partial charge in [0.2, 0.25) is 0 Å². The number of aromatic amines is 1. The Morgan fingerprint density at radius 2 is 2.03 bits per heavy atom. The van der Waals surface area contributed by atoms with Gasteiger partial charge < -0.3 is 25.3 Å². The molecule has 3 heterocycles. The fraction of sp³-hybridized carbons (Fsp3) is 0.290. The molecule has 38 heavy (non-hydrogen) atoms. The van der Waals surface area contributed by atoms with Crippen LogP contribution in [0.25, 0.3) is 22.0 Å². The summed E-state index contributed by atoms with van der Waals surface area (Å²) in [6.07, 6.45) is 6.49. The monoisotopic (exact) mass is 507 g/mol. The van der Waals surface area contributed by atoms with Gasteiger partial charge in [-0.1, -0.05) is 18.2 Å². The molecule has 0 spiro atoms. The molecule has 0 bridgehead atoms. The number of fused-ring (bicyclic) bond motifs is 2. The normalized spacial score (nSPS) is 18.5. The average Bonchev–Trinajstić information content (AvgIpc) is 3.60. The highest BCUT2D eigenvalue weighted by atomic mass is 16.5. The van der Waals surface area contributed by atoms with E-state index in [4.69, 9.17) is 4.74 Å². The van der Waals surface area contributed by atoms with E-state index in [1.54, 1.807) is 6.34 Å². The molecule has 0 radical (unpaired) electrons. The van der Waals surface area contributed by atoms with E-state index in [0.717, 1.165) is 65.0 Å². The van der Waals surface area contributed by atoms with Crippen LogP contribution in [0.3, 0.4) is 0 Å². The second-order valence-corrected chi connectivity index (χ2v) is 10.1. The number of rotatable bonds is 7. The van der Waals surface area contributed by atoms with Crippen molar-refractivity contribution in [3.8, 4) is 16.9 Å². The number of anilines is 2. The number of hydrogen-bond donors (Lipinski definition) is 3. The van der Waals surface area contributed by atoms with Gasteiger partial charge in [0.15, 0.2) is 0 Å². The maximum atomic E-state index is 13.9. The van der Waals surface area contributed by atoms with Gasteiger partial charge in [0.25, 0.3) is 5.91 Å². The molecule has 7 nitrogen and oxygen atoms in total. The lowest BCUT2D eigenvalue weighted by Crippen LogP contribution is -2.32. The molecule has 3 N–H and O–H groups in total. The Hall–Kier alpha value is -4.26. The molecule has 7 heteroatoms. The molecule has 0 aliphatic carbocycles. The second kappa shape index (κ2) is 10.6. The summed E-state index contributed by atoms with van der Waals surface area (Å²) in [6.45, 7) is 4.20. The van der Waals surface area contributed by atoms with Gasteiger partial charge in [-0.15, -0.1) is 0 Å². The third kappa shape index (κ3) is 4.96. The highest BCUT2D eigenvalue weighted by molar-refractivity contribution is 6.08. The van der Waals surface area contributed by atoms with Gasteiger partial charge in [-0.3, -0.25) is 9.79 Å². The maximum Gasteiger partial charge on any atom is 0.258 e. The highest BCUT2D eigenvalue weighted by Gasteiger charge is 2.25. The van der Waals surface area contributed by atoms with Crippen LogP contribution < -0.4 is 20.3 Å². The van der Waals surface area contributed by atoms with Gasteiger partial charge in [-0.25, -0.2) is 0 Å². The Balaban J connectivity index is 1.30. The average molecular weight is 508 g/mol. The van der Waals surface area contributed by atoms with Gasteiger partial charge in [-0.2, -0.15) is 0 Å². The summed E-state index contributed by atoms with van der Waals surface area (Å²) in [5.74, 6) is 0.717. The summed E-state index contributed by atoms with van der Waals surface area (Å²) in [7, 11) is 0. The van der Waals surface area contributed by atoms with Crippen LogP contribution in [0, 0.1) is 0 Å². The number of H-pyrrole nitrogens is 1. The number of carbonyl (C=O) groups is 1. The van der Waals surface area contributed by atoms with Crippen LogP contribution in [0.1, 0.15) is 36.5 Å². The first-order valence-corrected chi connectivity index (χ1v) is 13.4. The molecule has 0 saturated heterocycles. The first-order chi connectivity index (χ1) is 18.7. The largest absolute Gasteiger partial charge is 0.493 e. The Bertz CT molecular complexity index is 1470. The molecule has 194 valence electrons. The van der Waals surface area contributed by atoms with Crippen LogP contribution in [-0.2, 0) is 0 Å². The summed E-state index contributed by atoms with van der Waals surface area (Å²) >= 11 is 0. The van der Waals surface area contributed by atoms with Gasteiger partial charge in [-0.05, 0) is 85.7 Å². The predicted molar refractivity (Wildman–Crippen MR) is 155 cm³/mol. The molecule has 3 aromatic carbocycles. The van der Waals surface area contributed by atoms with Crippen LogP contribution >= 0.6 is 0 Å². The van der Waals surface area contributed by atoms with E-state index in [2.05, 4.69) is 51.8 Å². The molecule has 0 fully saturated rings. The van der Waals surface area contributed by atoms with E-state index in [9.17, 15) is 4.79 Å². The molecule has 1 amide bonds. The summed E-state index contributed by atoms with van der Waals surface area (Å²) in [5.41, 5.74) is 5.67. The summed E-state index contributed by atoms with van der Waals surface area (Å²) in [6, 6.07) is 23.0. The number of benzene rings is 3. The van der Waals surface area contributed by atoms with Crippen molar-refractivity contribution in [2.45, 2.75) is 38.3 Å². The summed E-state index contributed by atoms with van der Waals surface area (Å²) in [4.78, 5) is 23.3. The maximum absolute atomic E-state index is 13.9. The SMILES string of the molecule is CC1CCN(C(=O)c2ccc(-c3ccc4[nH]ccc4c3)c(OCCCC3CN=CN3)c2)c2ccccc2N1. The molecule has 2 unspecified atom stereocenters. The number of ether oxygens (including phenoxy) is 1. The van der Waals surface area contributed by atoms with Crippen molar-refractivity contribution in [1.82, 2.24) is 10.3 Å². The number of para-hydroxylation sites is 2. The van der Waals surface area contributed by atoms with Crippen LogP contribution in [0.5, 0.6) is 5.75 Å². The quantitative estimate of drug-likeness (QED) is 0.274. The number of amides is 1. The standard InChI is InChI=1S/C31H33N5O2/c1-21-13-15-36(29-7-3-2-6-28(29)35-21)31(37)24-8-10-26(22-9-11-27-23(17-22)12-14-33-27)30(18-24)38-16-4-5-25-19-32-20-34-25/h2-3,6-12,14,17-18,20-21,25,33,35H,4-5,13,15-16,19H2,1H3,(H,32,34). The molecule has 2 atom stereocenters. The molecule has 1 aromatic heterocycles. The van der Waals surface area contributed by atoms with Gasteiger partial charge in [0.1, 0.15) is 5.75 Å². The Kier molecular flexibility index (Phi) is 6.73. The minimum atomic E-state index is -0.0156. The second-order valence-electron chi connectivity index (χ2n) is 10.1. The number of nitrogens with zero attached hydrogens (tertiary/aromatic N) is 2. The molecular weight excluding hydrogens is 474 g/mol. The lowest BCUT2D eigenvalue weighted by atomic mass is 10.0. The minimum Gasteiger partial charge on any atom is -0.493 e. The lowest BCUT2D eigenvalue weighted by Gasteiger charge is -2.23. The minimum absolute atomic E-state index is 0.0156. The third-order valence-corrected chi connectivity index (χ3v) is 7.40. The van der Waals surface area contributed by atoms with E-state index in [1.807, 2.05) is 53.6 Å². The number of aliphatic imine (C=N–C) groups is 1. The fourth-order valence-corrected chi connectivity index (χ4v) is 5.29. The molecule has 6 rings (SSSR count). The van der Waals surface area contributed by atoms with E-state index in [1.165, 1.54) is 0 Å². The van der Waals surface area contributed by atoms with E-state index >= 15 is 0 Å². The first-order valence-electron chi connectivity index (χ1n) is 13.4. The van der Waals surface area contributed by atoms with E-state index in [0.29, 0.717) is 30.8 Å². The molecule has 4 aromatic rings. The van der Waals surface area contributed by atoms with Gasteiger partial charge in [0.05, 0.1) is 30.9 Å². The van der Waals surface area contributed by atoms with Crippen LogP contribution in [0.4, 0.5) is 11.4 Å². The zero-order valence-electron chi connectivity index (χ0n) is 21.6.